The molecule has 0 spiro atoms. The molecule has 10 aromatic rings. The maximum Gasteiger partial charge on any atom is 0.144 e. The molecule has 0 bridgehead atoms. The zero-order chi connectivity index (χ0) is 38.2. The van der Waals surface area contributed by atoms with Crippen molar-refractivity contribution in [2.75, 3.05) is 0 Å². The van der Waals surface area contributed by atoms with E-state index in [1.165, 1.54) is 32.0 Å². The number of hydrogen-bond donors (Lipinski definition) is 0. The highest BCUT2D eigenvalue weighted by molar-refractivity contribution is 7.99. The number of benzene rings is 6. The van der Waals surface area contributed by atoms with Gasteiger partial charge in [0.25, 0.3) is 0 Å². The van der Waals surface area contributed by atoms with Gasteiger partial charge in [0.1, 0.15) is 29.3 Å². The lowest BCUT2D eigenvalue weighted by atomic mass is 10.1. The summed E-state index contributed by atoms with van der Waals surface area (Å²) in [6.45, 7) is 8.48. The maximum atomic E-state index is 6.13. The molecule has 0 saturated heterocycles. The van der Waals surface area contributed by atoms with Gasteiger partial charge < -0.3 is 4.74 Å². The minimum atomic E-state index is 0.344. The first-order valence-electron chi connectivity index (χ1n) is 18.2. The van der Waals surface area contributed by atoms with Crippen LogP contribution in [0.25, 0.3) is 43.6 Å². The van der Waals surface area contributed by atoms with Gasteiger partial charge >= 0.3 is 0 Å². The molecule has 0 atom stereocenters. The van der Waals surface area contributed by atoms with Crippen molar-refractivity contribution in [3.63, 3.8) is 0 Å². The van der Waals surface area contributed by atoms with Gasteiger partial charge in [0.15, 0.2) is 0 Å². The molecule has 6 aromatic carbocycles. The number of rotatable bonds is 4. The van der Waals surface area contributed by atoms with E-state index in [0.29, 0.717) is 17.8 Å². The van der Waals surface area contributed by atoms with Crippen LogP contribution in [0.3, 0.4) is 0 Å². The SMILES string of the molecule is Cc1cc(C)c2c(c1)Sc1cc(C)cc(C)c1O2.c1ccc2c(c1)cnn2Pn1ncc2ccccc21.c1ccc2c(c1)cnn2Pn1ncc2ccccc21. The Labute approximate surface area is 332 Å². The van der Waals surface area contributed by atoms with Crippen molar-refractivity contribution in [3.05, 3.63) is 168 Å². The molecule has 56 heavy (non-hydrogen) atoms. The first kappa shape index (κ1) is 35.9. The highest BCUT2D eigenvalue weighted by atomic mass is 32.2. The smallest absolute Gasteiger partial charge is 0.144 e. The molecule has 0 saturated carbocycles. The van der Waals surface area contributed by atoms with Crippen LogP contribution >= 0.6 is 29.5 Å². The van der Waals surface area contributed by atoms with Crippen LogP contribution < -0.4 is 4.74 Å². The molecule has 1 aliphatic heterocycles. The number of ether oxygens (including phenoxy) is 1. The Morgan fingerprint density at radius 2 is 0.732 bits per heavy atom. The Kier molecular flexibility index (Phi) is 9.86. The summed E-state index contributed by atoms with van der Waals surface area (Å²) >= 11 is 1.81. The van der Waals surface area contributed by atoms with E-state index in [4.69, 9.17) is 4.74 Å². The minimum absolute atomic E-state index is 0.344. The average Bonchev–Trinajstić information content (AvgIpc) is 4.01. The van der Waals surface area contributed by atoms with Gasteiger partial charge in [-0.25, -0.2) is 17.8 Å². The Hall–Kier alpha value is -5.79. The standard InChI is InChI=1S/C16H16OS.2C14H11N4P/c1-9-5-11(3)15-13(7-9)18-14-8-10(2)6-12(4)16(14)17-15;2*1-3-7-13-11(5-1)9-15-17(13)19-18-14-8-4-2-6-12(14)10-16-18/h5-8H,1-4H3;2*1-10,19H. The third-order valence-corrected chi connectivity index (χ3v) is 12.7. The molecule has 0 N–H and O–H groups in total. The van der Waals surface area contributed by atoms with Crippen molar-refractivity contribution in [2.45, 2.75) is 37.5 Å². The van der Waals surface area contributed by atoms with E-state index in [9.17, 15) is 0 Å². The molecule has 1 aliphatic rings. The third kappa shape index (κ3) is 7.19. The Morgan fingerprint density at radius 3 is 1.05 bits per heavy atom. The lowest BCUT2D eigenvalue weighted by Gasteiger charge is -2.23. The van der Waals surface area contributed by atoms with E-state index < -0.39 is 0 Å². The Balaban J connectivity index is 0.000000110. The van der Waals surface area contributed by atoms with Crippen molar-refractivity contribution in [1.82, 2.24) is 38.2 Å². The van der Waals surface area contributed by atoms with Gasteiger partial charge in [-0.1, -0.05) is 96.7 Å². The van der Waals surface area contributed by atoms with Gasteiger partial charge in [0, 0.05) is 21.5 Å². The fourth-order valence-corrected chi connectivity index (χ4v) is 10.2. The lowest BCUT2D eigenvalue weighted by molar-refractivity contribution is 0.446. The van der Waals surface area contributed by atoms with Crippen LogP contribution in [0.2, 0.25) is 0 Å². The molecule has 0 aliphatic carbocycles. The molecule has 4 aromatic heterocycles. The number of para-hydroxylation sites is 4. The van der Waals surface area contributed by atoms with Gasteiger partial charge in [-0.2, -0.15) is 20.4 Å². The number of fused-ring (bicyclic) bond motifs is 6. The van der Waals surface area contributed by atoms with Crippen LogP contribution in [-0.4, -0.2) is 38.2 Å². The van der Waals surface area contributed by atoms with Crippen molar-refractivity contribution in [2.24, 2.45) is 0 Å². The molecule has 11 rings (SSSR count). The van der Waals surface area contributed by atoms with E-state index >= 15 is 0 Å². The van der Waals surface area contributed by atoms with Gasteiger partial charge in [-0.3, -0.25) is 0 Å². The van der Waals surface area contributed by atoms with Crippen LogP contribution in [0.4, 0.5) is 0 Å². The van der Waals surface area contributed by atoms with E-state index in [2.05, 4.69) is 121 Å². The second-order valence-corrected chi connectivity index (χ2v) is 16.9. The average molecular weight is 789 g/mol. The summed E-state index contributed by atoms with van der Waals surface area (Å²) in [6.07, 6.45) is 7.59. The molecule has 276 valence electrons. The second kappa shape index (κ2) is 15.4. The number of aryl methyl sites for hydroxylation is 4. The van der Waals surface area contributed by atoms with Gasteiger partial charge in [0.2, 0.25) is 0 Å². The Bertz CT molecular complexity index is 2670. The molecular weight excluding hydrogens is 751 g/mol. The fourth-order valence-electron chi connectivity index (χ4n) is 6.85. The molecule has 5 heterocycles. The van der Waals surface area contributed by atoms with Crippen LogP contribution in [0.1, 0.15) is 22.3 Å². The van der Waals surface area contributed by atoms with Crippen molar-refractivity contribution >= 4 is 73.1 Å². The molecular formula is C44H38N8OP2S. The van der Waals surface area contributed by atoms with Gasteiger partial charge in [-0.15, -0.1) is 0 Å². The largest absolute Gasteiger partial charge is 0.454 e. The lowest BCUT2D eigenvalue weighted by Crippen LogP contribution is -2.00. The summed E-state index contributed by atoms with van der Waals surface area (Å²) in [5.74, 6) is 2.04. The summed E-state index contributed by atoms with van der Waals surface area (Å²) in [4.78, 5) is 2.45. The number of nitrogens with zero attached hydrogens (tertiary/aromatic N) is 8. The van der Waals surface area contributed by atoms with Crippen LogP contribution in [0, 0.1) is 27.7 Å². The van der Waals surface area contributed by atoms with E-state index in [-0.39, 0.29) is 0 Å². The van der Waals surface area contributed by atoms with Crippen LogP contribution in [-0.2, 0) is 0 Å². The fraction of sp³-hybridized carbons (Fsp3) is 0.0909. The first-order valence-corrected chi connectivity index (χ1v) is 20.8. The summed E-state index contributed by atoms with van der Waals surface area (Å²) < 4.78 is 14.1. The molecule has 12 heteroatoms. The zero-order valence-corrected chi connectivity index (χ0v) is 34.1. The predicted molar refractivity (Wildman–Crippen MR) is 233 cm³/mol. The van der Waals surface area contributed by atoms with E-state index in [1.54, 1.807) is 0 Å². The highest BCUT2D eigenvalue weighted by Crippen LogP contribution is 2.50. The monoisotopic (exact) mass is 788 g/mol. The van der Waals surface area contributed by atoms with Gasteiger partial charge in [0.05, 0.1) is 56.6 Å². The molecule has 0 amide bonds. The molecule has 0 fully saturated rings. The van der Waals surface area contributed by atoms with Crippen molar-refractivity contribution in [3.8, 4) is 11.5 Å². The summed E-state index contributed by atoms with van der Waals surface area (Å²) in [5, 5.41) is 22.4. The zero-order valence-electron chi connectivity index (χ0n) is 31.3. The van der Waals surface area contributed by atoms with E-state index in [1.807, 2.05) is 103 Å². The van der Waals surface area contributed by atoms with Crippen molar-refractivity contribution in [1.29, 1.82) is 0 Å². The topological polar surface area (TPSA) is 80.5 Å². The number of hydrogen-bond acceptors (Lipinski definition) is 6. The first-order chi connectivity index (χ1) is 27.4. The highest BCUT2D eigenvalue weighted by Gasteiger charge is 2.22. The van der Waals surface area contributed by atoms with Crippen molar-refractivity contribution < 1.29 is 4.74 Å². The third-order valence-electron chi connectivity index (χ3n) is 9.48. The molecule has 0 radical (unpaired) electrons. The summed E-state index contributed by atoms with van der Waals surface area (Å²) in [5.41, 5.74) is 9.55. The summed E-state index contributed by atoms with van der Waals surface area (Å²) in [6, 6.07) is 41.6. The van der Waals surface area contributed by atoms with Crippen LogP contribution in [0.5, 0.6) is 11.5 Å². The van der Waals surface area contributed by atoms with E-state index in [0.717, 1.165) is 55.1 Å². The normalized spacial score (nSPS) is 11.8. The molecule has 9 nitrogen and oxygen atoms in total. The number of aromatic nitrogens is 8. The maximum absolute atomic E-state index is 6.13. The minimum Gasteiger partial charge on any atom is -0.454 e. The molecule has 0 unspecified atom stereocenters. The summed E-state index contributed by atoms with van der Waals surface area (Å²) in [7, 11) is 0.689. The Morgan fingerprint density at radius 1 is 0.429 bits per heavy atom. The predicted octanol–water partition coefficient (Wildman–Crippen LogP) is 11.8. The second-order valence-electron chi connectivity index (χ2n) is 13.7. The quantitative estimate of drug-likeness (QED) is 0.165. The van der Waals surface area contributed by atoms with Gasteiger partial charge in [-0.05, 0) is 86.3 Å². The van der Waals surface area contributed by atoms with Crippen LogP contribution in [0.15, 0.2) is 156 Å².